The van der Waals surface area contributed by atoms with Crippen molar-refractivity contribution in [1.29, 1.82) is 0 Å². The summed E-state index contributed by atoms with van der Waals surface area (Å²) in [4.78, 5) is 15.2. The van der Waals surface area contributed by atoms with Gasteiger partial charge in [-0.05, 0) is 12.1 Å². The number of nitrogens with zero attached hydrogens (tertiary/aromatic N) is 3. The van der Waals surface area contributed by atoms with Gasteiger partial charge < -0.3 is 0 Å². The predicted molar refractivity (Wildman–Crippen MR) is 104 cm³/mol. The maximum absolute atomic E-state index is 4.88. The summed E-state index contributed by atoms with van der Waals surface area (Å²) in [7, 11) is 0. The first-order valence-electron chi connectivity index (χ1n) is 8.06. The number of rotatable bonds is 2. The number of hydrogen-bond acceptors (Lipinski definition) is 4. The van der Waals surface area contributed by atoms with Crippen molar-refractivity contribution in [2.45, 2.75) is 0 Å². The zero-order chi connectivity index (χ0) is 16.6. The second kappa shape index (κ2) is 5.76. The van der Waals surface area contributed by atoms with Gasteiger partial charge in [0.15, 0.2) is 0 Å². The van der Waals surface area contributed by atoms with E-state index >= 15 is 0 Å². The van der Waals surface area contributed by atoms with Crippen LogP contribution in [0.4, 0.5) is 0 Å². The molecule has 0 fully saturated rings. The van der Waals surface area contributed by atoms with Crippen LogP contribution < -0.4 is 0 Å². The molecule has 0 aliphatic carbocycles. The molecule has 0 aliphatic rings. The largest absolute Gasteiger partial charge is 0.245 e. The van der Waals surface area contributed by atoms with E-state index < -0.39 is 0 Å². The molecule has 0 radical (unpaired) electrons. The molecular formula is C21H13N3S. The maximum atomic E-state index is 4.88. The highest BCUT2D eigenvalue weighted by atomic mass is 32.1. The summed E-state index contributed by atoms with van der Waals surface area (Å²) < 4.78 is 0. The number of pyridine rings is 2. The summed E-state index contributed by atoms with van der Waals surface area (Å²) in [6.07, 6.45) is 1.88. The molecule has 3 nitrogen and oxygen atoms in total. The first-order chi connectivity index (χ1) is 12.4. The van der Waals surface area contributed by atoms with Crippen molar-refractivity contribution in [2.75, 3.05) is 0 Å². The van der Waals surface area contributed by atoms with Crippen molar-refractivity contribution in [3.8, 4) is 21.8 Å². The quantitative estimate of drug-likeness (QED) is 0.422. The molecular weight excluding hydrogens is 326 g/mol. The fraction of sp³-hybridized carbons (Fsp3) is 0. The molecule has 0 saturated heterocycles. The second-order valence-corrected chi connectivity index (χ2v) is 6.77. The Hall–Kier alpha value is -3.11. The lowest BCUT2D eigenvalue weighted by Crippen LogP contribution is -1.87. The minimum Gasteiger partial charge on any atom is -0.245 e. The number of aromatic nitrogens is 3. The summed E-state index contributed by atoms with van der Waals surface area (Å²) >= 11 is 1.60. The lowest BCUT2D eigenvalue weighted by Gasteiger charge is -2.03. The Kier molecular flexibility index (Phi) is 3.28. The molecule has 0 amide bonds. The normalized spacial score (nSPS) is 11.2. The zero-order valence-electron chi connectivity index (χ0n) is 13.3. The standard InChI is InChI=1S/C21H13N3S/c1-3-7-14(8-4-1)17-12-11-16-13-22-21-19(18(16)23-17)24-20(25-21)15-9-5-2-6-10-15/h1-13H. The summed E-state index contributed by atoms with van der Waals surface area (Å²) in [5, 5.41) is 1.99. The molecule has 25 heavy (non-hydrogen) atoms. The van der Waals surface area contributed by atoms with Crippen molar-refractivity contribution in [3.05, 3.63) is 79.0 Å². The third-order valence-corrected chi connectivity index (χ3v) is 5.18. The predicted octanol–water partition coefficient (Wildman–Crippen LogP) is 5.57. The van der Waals surface area contributed by atoms with Gasteiger partial charge in [-0.3, -0.25) is 0 Å². The van der Waals surface area contributed by atoms with E-state index in [-0.39, 0.29) is 0 Å². The first kappa shape index (κ1) is 14.3. The molecule has 5 aromatic rings. The van der Waals surface area contributed by atoms with Crippen LogP contribution in [0.3, 0.4) is 0 Å². The SMILES string of the molecule is c1ccc(-c2ccc3cnc4sc(-c5ccccc5)nc4c3n2)cc1. The van der Waals surface area contributed by atoms with Gasteiger partial charge in [0.2, 0.25) is 0 Å². The molecule has 3 heterocycles. The van der Waals surface area contributed by atoms with Crippen LogP contribution in [-0.2, 0) is 0 Å². The van der Waals surface area contributed by atoms with E-state index in [1.54, 1.807) is 11.3 Å². The number of fused-ring (bicyclic) bond motifs is 3. The lowest BCUT2D eigenvalue weighted by atomic mass is 10.1. The van der Waals surface area contributed by atoms with Crippen LogP contribution in [0.1, 0.15) is 0 Å². The van der Waals surface area contributed by atoms with Crippen molar-refractivity contribution in [2.24, 2.45) is 0 Å². The monoisotopic (exact) mass is 339 g/mol. The summed E-state index contributed by atoms with van der Waals surface area (Å²) in [6.45, 7) is 0. The minimum atomic E-state index is 0.874. The van der Waals surface area contributed by atoms with Gasteiger partial charge >= 0.3 is 0 Å². The van der Waals surface area contributed by atoms with Crippen LogP contribution in [0.2, 0.25) is 0 Å². The van der Waals surface area contributed by atoms with Gasteiger partial charge in [-0.2, -0.15) is 0 Å². The summed E-state index contributed by atoms with van der Waals surface area (Å²) in [5.74, 6) is 0. The van der Waals surface area contributed by atoms with Crippen LogP contribution in [0.5, 0.6) is 0 Å². The Morgan fingerprint density at radius 2 is 1.36 bits per heavy atom. The van der Waals surface area contributed by atoms with Crippen LogP contribution in [0.15, 0.2) is 79.0 Å². The Morgan fingerprint density at radius 3 is 2.12 bits per heavy atom. The molecule has 5 rings (SSSR count). The average molecular weight is 339 g/mol. The highest BCUT2D eigenvalue weighted by molar-refractivity contribution is 7.21. The van der Waals surface area contributed by atoms with Gasteiger partial charge in [0.05, 0.1) is 5.69 Å². The molecule has 0 aliphatic heterocycles. The van der Waals surface area contributed by atoms with Crippen molar-refractivity contribution >= 4 is 32.6 Å². The Morgan fingerprint density at radius 1 is 0.640 bits per heavy atom. The molecule has 0 bridgehead atoms. The van der Waals surface area contributed by atoms with E-state index in [0.717, 1.165) is 43.1 Å². The molecule has 0 spiro atoms. The fourth-order valence-electron chi connectivity index (χ4n) is 2.92. The maximum Gasteiger partial charge on any atom is 0.146 e. The van der Waals surface area contributed by atoms with Gasteiger partial charge in [0.25, 0.3) is 0 Å². The molecule has 0 saturated carbocycles. The number of benzene rings is 2. The third kappa shape index (κ3) is 2.47. The molecule has 0 atom stereocenters. The highest BCUT2D eigenvalue weighted by Gasteiger charge is 2.12. The van der Waals surface area contributed by atoms with Gasteiger partial charge in [-0.1, -0.05) is 72.0 Å². The van der Waals surface area contributed by atoms with Gasteiger partial charge in [0.1, 0.15) is 20.9 Å². The van der Waals surface area contributed by atoms with Crippen LogP contribution in [0, 0.1) is 0 Å². The zero-order valence-corrected chi connectivity index (χ0v) is 14.1. The van der Waals surface area contributed by atoms with Gasteiger partial charge in [-0.15, -0.1) is 0 Å². The molecule has 2 aromatic carbocycles. The Labute approximate surface area is 148 Å². The van der Waals surface area contributed by atoms with E-state index in [2.05, 4.69) is 35.3 Å². The average Bonchev–Trinajstić information content (AvgIpc) is 3.14. The molecule has 4 heteroatoms. The molecule has 0 N–H and O–H groups in total. The van der Waals surface area contributed by atoms with Crippen molar-refractivity contribution in [1.82, 2.24) is 15.0 Å². The van der Waals surface area contributed by atoms with Crippen molar-refractivity contribution in [3.63, 3.8) is 0 Å². The second-order valence-electron chi connectivity index (χ2n) is 5.80. The Bertz CT molecular complexity index is 1180. The number of hydrogen-bond donors (Lipinski definition) is 0. The van der Waals surface area contributed by atoms with Crippen LogP contribution in [-0.4, -0.2) is 15.0 Å². The smallest absolute Gasteiger partial charge is 0.146 e. The molecule has 118 valence electrons. The molecule has 3 aromatic heterocycles. The number of thiazole rings is 1. The highest BCUT2D eigenvalue weighted by Crippen LogP contribution is 2.32. The van der Waals surface area contributed by atoms with E-state index in [9.17, 15) is 0 Å². The van der Waals surface area contributed by atoms with E-state index in [4.69, 9.17) is 9.97 Å². The molecule has 0 unspecified atom stereocenters. The first-order valence-corrected chi connectivity index (χ1v) is 8.87. The van der Waals surface area contributed by atoms with E-state index in [1.807, 2.05) is 48.7 Å². The van der Waals surface area contributed by atoms with Gasteiger partial charge in [0, 0.05) is 22.7 Å². The lowest BCUT2D eigenvalue weighted by molar-refractivity contribution is 1.36. The fourth-order valence-corrected chi connectivity index (χ4v) is 3.84. The van der Waals surface area contributed by atoms with Crippen LogP contribution >= 0.6 is 11.3 Å². The van der Waals surface area contributed by atoms with E-state index in [1.165, 1.54) is 0 Å². The van der Waals surface area contributed by atoms with E-state index in [0.29, 0.717) is 0 Å². The van der Waals surface area contributed by atoms with Gasteiger partial charge in [-0.25, -0.2) is 15.0 Å². The van der Waals surface area contributed by atoms with Crippen molar-refractivity contribution < 1.29 is 0 Å². The minimum absolute atomic E-state index is 0.874. The summed E-state index contributed by atoms with van der Waals surface area (Å²) in [5.41, 5.74) is 4.95. The topological polar surface area (TPSA) is 38.7 Å². The summed E-state index contributed by atoms with van der Waals surface area (Å²) in [6, 6.07) is 24.5. The third-order valence-electron chi connectivity index (χ3n) is 4.17. The Balaban J connectivity index is 1.74. The van der Waals surface area contributed by atoms with Crippen LogP contribution in [0.25, 0.3) is 43.1 Å².